The number of rotatable bonds is 3. The van der Waals surface area contributed by atoms with E-state index in [1.165, 1.54) is 0 Å². The third kappa shape index (κ3) is 3.48. The third-order valence-corrected chi connectivity index (χ3v) is 3.65. The molecule has 0 amide bonds. The number of hydrogen-bond donors (Lipinski definition) is 2. The lowest BCUT2D eigenvalue weighted by atomic mass is 9.73. The molecule has 5 heteroatoms. The first kappa shape index (κ1) is 15.2. The van der Waals surface area contributed by atoms with Gasteiger partial charge in [-0.25, -0.2) is 0 Å². The first-order valence-electron chi connectivity index (χ1n) is 6.49. The van der Waals surface area contributed by atoms with Gasteiger partial charge in [-0.3, -0.25) is 0 Å². The van der Waals surface area contributed by atoms with E-state index in [0.29, 0.717) is 22.5 Å². The minimum Gasteiger partial charge on any atom is -0.399 e. The molecule has 0 heterocycles. The highest BCUT2D eigenvalue weighted by molar-refractivity contribution is 5.48. The molecule has 0 aromatic heterocycles. The summed E-state index contributed by atoms with van der Waals surface area (Å²) in [6.07, 6.45) is -5.23. The van der Waals surface area contributed by atoms with Crippen molar-refractivity contribution in [1.29, 1.82) is 0 Å². The van der Waals surface area contributed by atoms with Gasteiger partial charge in [0.1, 0.15) is 0 Å². The Morgan fingerprint density at radius 1 is 0.762 bits per heavy atom. The molecule has 0 radical (unpaired) electrons. The van der Waals surface area contributed by atoms with Crippen LogP contribution in [0.2, 0.25) is 0 Å². The van der Waals surface area contributed by atoms with Crippen molar-refractivity contribution in [3.63, 3.8) is 0 Å². The van der Waals surface area contributed by atoms with E-state index in [4.69, 9.17) is 11.5 Å². The summed E-state index contributed by atoms with van der Waals surface area (Å²) in [5.74, 6) is 0. The average molecular weight is 294 g/mol. The topological polar surface area (TPSA) is 52.0 Å². The number of alkyl halides is 3. The van der Waals surface area contributed by atoms with Crippen molar-refractivity contribution < 1.29 is 13.2 Å². The minimum absolute atomic E-state index is 0.519. The molecule has 0 saturated carbocycles. The van der Waals surface area contributed by atoms with Crippen LogP contribution in [0.3, 0.4) is 0 Å². The van der Waals surface area contributed by atoms with Crippen molar-refractivity contribution in [3.05, 3.63) is 59.7 Å². The fraction of sp³-hybridized carbons (Fsp3) is 0.250. The molecule has 2 nitrogen and oxygen atoms in total. The summed E-state index contributed by atoms with van der Waals surface area (Å²) in [4.78, 5) is 0. The molecule has 2 aromatic rings. The number of nitrogens with two attached hydrogens (primary N) is 2. The molecule has 0 aliphatic heterocycles. The highest BCUT2D eigenvalue weighted by Gasteiger charge is 2.41. The van der Waals surface area contributed by atoms with Gasteiger partial charge in [0.2, 0.25) is 0 Å². The molecular formula is C16H17F3N2. The van der Waals surface area contributed by atoms with Crippen molar-refractivity contribution >= 4 is 11.4 Å². The standard InChI is InChI=1S/C16H17F3N2/c1-15(10-16(17,18)19,11-2-6-13(20)7-3-11)12-4-8-14(21)9-5-12/h2-9H,10,20-21H2,1H3. The zero-order valence-electron chi connectivity index (χ0n) is 11.6. The van der Waals surface area contributed by atoms with Crippen LogP contribution < -0.4 is 11.5 Å². The zero-order chi connectivity index (χ0) is 15.7. The van der Waals surface area contributed by atoms with Crippen LogP contribution in [0.25, 0.3) is 0 Å². The Balaban J connectivity index is 2.53. The lowest BCUT2D eigenvalue weighted by Crippen LogP contribution is -2.30. The molecule has 0 spiro atoms. The predicted octanol–water partition coefficient (Wildman–Crippen LogP) is 4.11. The van der Waals surface area contributed by atoms with Gasteiger partial charge in [-0.2, -0.15) is 13.2 Å². The quantitative estimate of drug-likeness (QED) is 0.837. The Morgan fingerprint density at radius 2 is 1.10 bits per heavy atom. The van der Waals surface area contributed by atoms with E-state index in [1.807, 2.05) is 0 Å². The van der Waals surface area contributed by atoms with E-state index in [-0.39, 0.29) is 0 Å². The molecule has 0 fully saturated rings. The molecule has 4 N–H and O–H groups in total. The molecule has 0 saturated heterocycles. The first-order valence-corrected chi connectivity index (χ1v) is 6.49. The van der Waals surface area contributed by atoms with Crippen LogP contribution in [0, 0.1) is 0 Å². The molecule has 0 aliphatic carbocycles. The maximum Gasteiger partial charge on any atom is 0.390 e. The molecule has 21 heavy (non-hydrogen) atoms. The maximum absolute atomic E-state index is 13.0. The Hall–Kier alpha value is -2.17. The molecule has 0 bridgehead atoms. The van der Waals surface area contributed by atoms with E-state index >= 15 is 0 Å². The first-order chi connectivity index (χ1) is 9.71. The lowest BCUT2D eigenvalue weighted by Gasteiger charge is -2.32. The summed E-state index contributed by atoms with van der Waals surface area (Å²) in [7, 11) is 0. The summed E-state index contributed by atoms with van der Waals surface area (Å²) < 4.78 is 39.1. The van der Waals surface area contributed by atoms with E-state index in [2.05, 4.69) is 0 Å². The van der Waals surface area contributed by atoms with Gasteiger partial charge in [-0.05, 0) is 35.4 Å². The van der Waals surface area contributed by atoms with Crippen molar-refractivity contribution in [3.8, 4) is 0 Å². The zero-order valence-corrected chi connectivity index (χ0v) is 11.6. The monoisotopic (exact) mass is 294 g/mol. The molecule has 0 unspecified atom stereocenters. The van der Waals surface area contributed by atoms with Crippen LogP contribution in [0.1, 0.15) is 24.5 Å². The smallest absolute Gasteiger partial charge is 0.390 e. The van der Waals surface area contributed by atoms with Crippen molar-refractivity contribution in [1.82, 2.24) is 0 Å². The second-order valence-corrected chi connectivity index (χ2v) is 5.37. The van der Waals surface area contributed by atoms with Crippen LogP contribution >= 0.6 is 0 Å². The van der Waals surface area contributed by atoms with E-state index in [9.17, 15) is 13.2 Å². The van der Waals surface area contributed by atoms with Crippen molar-refractivity contribution in [2.24, 2.45) is 0 Å². The number of nitrogen functional groups attached to an aromatic ring is 2. The van der Waals surface area contributed by atoms with Gasteiger partial charge in [0.05, 0.1) is 6.42 Å². The summed E-state index contributed by atoms with van der Waals surface area (Å²) in [6.45, 7) is 1.58. The van der Waals surface area contributed by atoms with Gasteiger partial charge in [0, 0.05) is 16.8 Å². The number of benzene rings is 2. The fourth-order valence-electron chi connectivity index (χ4n) is 2.47. The Labute approximate surface area is 121 Å². The Morgan fingerprint density at radius 3 is 1.38 bits per heavy atom. The van der Waals surface area contributed by atoms with Crippen LogP contribution in [-0.2, 0) is 5.41 Å². The second kappa shape index (κ2) is 5.31. The molecule has 0 aliphatic rings. The average Bonchev–Trinajstić information content (AvgIpc) is 2.38. The minimum atomic E-state index is -4.28. The van der Waals surface area contributed by atoms with Gasteiger partial charge >= 0.3 is 6.18 Å². The maximum atomic E-state index is 13.0. The van der Waals surface area contributed by atoms with Crippen molar-refractivity contribution in [2.45, 2.75) is 24.9 Å². The van der Waals surface area contributed by atoms with E-state index in [0.717, 1.165) is 0 Å². The Kier molecular flexibility index (Phi) is 3.85. The molecule has 2 rings (SSSR count). The Bertz CT molecular complexity index is 555. The van der Waals surface area contributed by atoms with Gasteiger partial charge in [0.15, 0.2) is 0 Å². The van der Waals surface area contributed by atoms with Crippen LogP contribution in [0.15, 0.2) is 48.5 Å². The van der Waals surface area contributed by atoms with Gasteiger partial charge < -0.3 is 11.5 Å². The highest BCUT2D eigenvalue weighted by Crippen LogP contribution is 2.41. The third-order valence-electron chi connectivity index (χ3n) is 3.65. The summed E-state index contributed by atoms with van der Waals surface area (Å²) in [6, 6.07) is 13.0. The molecule has 112 valence electrons. The highest BCUT2D eigenvalue weighted by atomic mass is 19.4. The van der Waals surface area contributed by atoms with Crippen LogP contribution in [0.5, 0.6) is 0 Å². The van der Waals surface area contributed by atoms with Crippen LogP contribution in [0.4, 0.5) is 24.5 Å². The van der Waals surface area contributed by atoms with Gasteiger partial charge in [-0.1, -0.05) is 31.2 Å². The van der Waals surface area contributed by atoms with Gasteiger partial charge in [-0.15, -0.1) is 0 Å². The number of anilines is 2. The lowest BCUT2D eigenvalue weighted by molar-refractivity contribution is -0.144. The fourth-order valence-corrected chi connectivity index (χ4v) is 2.47. The summed E-state index contributed by atoms with van der Waals surface area (Å²) in [5, 5.41) is 0. The number of halogens is 3. The van der Waals surface area contributed by atoms with Gasteiger partial charge in [0.25, 0.3) is 0 Å². The summed E-state index contributed by atoms with van der Waals surface area (Å²) >= 11 is 0. The molecule has 0 atom stereocenters. The van der Waals surface area contributed by atoms with Crippen molar-refractivity contribution in [2.75, 3.05) is 11.5 Å². The number of hydrogen-bond acceptors (Lipinski definition) is 2. The van der Waals surface area contributed by atoms with Crippen LogP contribution in [-0.4, -0.2) is 6.18 Å². The SMILES string of the molecule is CC(CC(F)(F)F)(c1ccc(N)cc1)c1ccc(N)cc1. The van der Waals surface area contributed by atoms with E-state index in [1.54, 1.807) is 55.5 Å². The van der Waals surface area contributed by atoms with E-state index < -0.39 is 18.0 Å². The normalized spacial score (nSPS) is 12.4. The summed E-state index contributed by atoms with van der Waals surface area (Å²) in [5.41, 5.74) is 12.2. The predicted molar refractivity (Wildman–Crippen MR) is 78.8 cm³/mol. The molecule has 2 aromatic carbocycles. The molecular weight excluding hydrogens is 277 g/mol. The largest absolute Gasteiger partial charge is 0.399 e. The second-order valence-electron chi connectivity index (χ2n) is 5.37.